The van der Waals surface area contributed by atoms with Gasteiger partial charge in [-0.3, -0.25) is 0 Å². The Bertz CT molecular complexity index is 342. The van der Waals surface area contributed by atoms with Crippen molar-refractivity contribution in [2.45, 2.75) is 24.7 Å². The first-order valence-corrected chi connectivity index (χ1v) is 5.66. The number of nitrogens with two attached hydrogens (primary N) is 1. The third-order valence-corrected chi connectivity index (χ3v) is 3.73. The Kier molecular flexibility index (Phi) is 2.54. The summed E-state index contributed by atoms with van der Waals surface area (Å²) >= 11 is 3.33. The summed E-state index contributed by atoms with van der Waals surface area (Å²) in [6.45, 7) is 0.627. The lowest BCUT2D eigenvalue weighted by molar-refractivity contribution is 0.245. The van der Waals surface area contributed by atoms with Gasteiger partial charge in [-0.1, -0.05) is 28.4 Å². The summed E-state index contributed by atoms with van der Waals surface area (Å²) in [6.07, 6.45) is 3.41. The monoisotopic (exact) mass is 255 g/mol. The summed E-state index contributed by atoms with van der Waals surface area (Å²) in [6, 6.07) is 5.68. The van der Waals surface area contributed by atoms with E-state index >= 15 is 0 Å². The van der Waals surface area contributed by atoms with Gasteiger partial charge in [-0.25, -0.2) is 0 Å². The number of phenolic OH excluding ortho intramolecular Hbond substituents is 1. The maximum absolute atomic E-state index is 9.84. The zero-order valence-electron chi connectivity index (χ0n) is 7.96. The number of phenols is 1. The maximum Gasteiger partial charge on any atom is 0.120 e. The summed E-state index contributed by atoms with van der Waals surface area (Å²) < 4.78 is 0.908. The van der Waals surface area contributed by atoms with Crippen molar-refractivity contribution in [3.05, 3.63) is 28.2 Å². The second-order valence-electron chi connectivity index (χ2n) is 4.00. The molecule has 3 heteroatoms. The normalized spacial score (nSPS) is 19.0. The number of benzene rings is 1. The van der Waals surface area contributed by atoms with Gasteiger partial charge < -0.3 is 10.8 Å². The Labute approximate surface area is 92.3 Å². The highest BCUT2D eigenvalue weighted by Gasteiger charge is 2.39. The van der Waals surface area contributed by atoms with Gasteiger partial charge in [0, 0.05) is 22.0 Å². The van der Waals surface area contributed by atoms with E-state index in [1.807, 2.05) is 12.1 Å². The van der Waals surface area contributed by atoms with E-state index < -0.39 is 0 Å². The van der Waals surface area contributed by atoms with E-state index in [4.69, 9.17) is 5.73 Å². The zero-order valence-corrected chi connectivity index (χ0v) is 9.55. The minimum Gasteiger partial charge on any atom is -0.508 e. The van der Waals surface area contributed by atoms with E-state index in [2.05, 4.69) is 15.9 Å². The fourth-order valence-corrected chi connectivity index (χ4v) is 2.49. The molecule has 1 aromatic carbocycles. The van der Waals surface area contributed by atoms with Crippen molar-refractivity contribution in [2.24, 2.45) is 5.73 Å². The van der Waals surface area contributed by atoms with E-state index in [9.17, 15) is 5.11 Å². The molecule has 0 spiro atoms. The molecular weight excluding hydrogens is 242 g/mol. The van der Waals surface area contributed by atoms with E-state index in [0.717, 1.165) is 22.9 Å². The van der Waals surface area contributed by atoms with Gasteiger partial charge in [0.25, 0.3) is 0 Å². The predicted molar refractivity (Wildman–Crippen MR) is 60.4 cm³/mol. The Hall–Kier alpha value is -0.540. The van der Waals surface area contributed by atoms with Gasteiger partial charge in [0.15, 0.2) is 0 Å². The second-order valence-corrected chi connectivity index (χ2v) is 4.92. The van der Waals surface area contributed by atoms with Crippen molar-refractivity contribution >= 4 is 15.9 Å². The van der Waals surface area contributed by atoms with Crippen molar-refractivity contribution < 1.29 is 5.11 Å². The minimum absolute atomic E-state index is 0.0464. The fourth-order valence-electron chi connectivity index (χ4n) is 2.14. The standard InChI is InChI=1S/C11H14BrNO/c12-8-2-3-9(10(14)6-8)11(7-13)4-1-5-11/h2-3,6,14H,1,4-5,7,13H2. The molecule has 1 aliphatic rings. The van der Waals surface area contributed by atoms with Crippen molar-refractivity contribution in [3.63, 3.8) is 0 Å². The quantitative estimate of drug-likeness (QED) is 0.854. The fraction of sp³-hybridized carbons (Fsp3) is 0.455. The Morgan fingerprint density at radius 3 is 2.57 bits per heavy atom. The van der Waals surface area contributed by atoms with Crippen LogP contribution in [-0.4, -0.2) is 11.7 Å². The summed E-state index contributed by atoms with van der Waals surface area (Å²) in [5.41, 5.74) is 6.84. The van der Waals surface area contributed by atoms with Crippen molar-refractivity contribution in [1.29, 1.82) is 0 Å². The third-order valence-electron chi connectivity index (χ3n) is 3.23. The van der Waals surface area contributed by atoms with Gasteiger partial charge in [-0.15, -0.1) is 0 Å². The molecule has 0 amide bonds. The molecule has 0 saturated heterocycles. The topological polar surface area (TPSA) is 46.2 Å². The van der Waals surface area contributed by atoms with E-state index in [-0.39, 0.29) is 5.41 Å². The van der Waals surface area contributed by atoms with Crippen LogP contribution >= 0.6 is 15.9 Å². The smallest absolute Gasteiger partial charge is 0.120 e. The van der Waals surface area contributed by atoms with Crippen LogP contribution in [0.15, 0.2) is 22.7 Å². The first kappa shape index (κ1) is 9.99. The highest BCUT2D eigenvalue weighted by atomic mass is 79.9. The summed E-state index contributed by atoms with van der Waals surface area (Å²) in [4.78, 5) is 0. The zero-order chi connectivity index (χ0) is 10.2. The molecule has 3 N–H and O–H groups in total. The number of rotatable bonds is 2. The van der Waals surface area contributed by atoms with Crippen LogP contribution in [0, 0.1) is 0 Å². The molecule has 14 heavy (non-hydrogen) atoms. The lowest BCUT2D eigenvalue weighted by Gasteiger charge is -2.41. The van der Waals surface area contributed by atoms with Crippen LogP contribution in [0.25, 0.3) is 0 Å². The van der Waals surface area contributed by atoms with Gasteiger partial charge in [-0.2, -0.15) is 0 Å². The molecule has 0 bridgehead atoms. The van der Waals surface area contributed by atoms with Crippen LogP contribution in [-0.2, 0) is 5.41 Å². The summed E-state index contributed by atoms with van der Waals surface area (Å²) in [5.74, 6) is 0.365. The molecule has 76 valence electrons. The molecule has 1 aromatic rings. The van der Waals surface area contributed by atoms with Crippen molar-refractivity contribution in [1.82, 2.24) is 0 Å². The average Bonchev–Trinajstić information content (AvgIpc) is 2.07. The molecule has 1 aliphatic carbocycles. The number of aromatic hydroxyl groups is 1. The van der Waals surface area contributed by atoms with Crippen LogP contribution in [0.2, 0.25) is 0 Å². The van der Waals surface area contributed by atoms with Gasteiger partial charge in [-0.05, 0) is 25.0 Å². The Morgan fingerprint density at radius 2 is 2.14 bits per heavy atom. The lowest BCUT2D eigenvalue weighted by Crippen LogP contribution is -2.41. The molecule has 0 aliphatic heterocycles. The first-order valence-electron chi connectivity index (χ1n) is 4.87. The highest BCUT2D eigenvalue weighted by Crippen LogP contribution is 2.46. The van der Waals surface area contributed by atoms with E-state index in [1.54, 1.807) is 6.07 Å². The van der Waals surface area contributed by atoms with Gasteiger partial charge in [0.05, 0.1) is 0 Å². The first-order chi connectivity index (χ1) is 6.68. The minimum atomic E-state index is 0.0464. The lowest BCUT2D eigenvalue weighted by atomic mass is 9.64. The maximum atomic E-state index is 9.84. The largest absolute Gasteiger partial charge is 0.508 e. The molecule has 1 fully saturated rings. The molecule has 2 nitrogen and oxygen atoms in total. The van der Waals surface area contributed by atoms with Crippen LogP contribution in [0.4, 0.5) is 0 Å². The Morgan fingerprint density at radius 1 is 1.43 bits per heavy atom. The highest BCUT2D eigenvalue weighted by molar-refractivity contribution is 9.10. The predicted octanol–water partition coefficient (Wildman–Crippen LogP) is 2.54. The number of halogens is 1. The number of hydrogen-bond acceptors (Lipinski definition) is 2. The van der Waals surface area contributed by atoms with Gasteiger partial charge in [0.2, 0.25) is 0 Å². The molecule has 0 aromatic heterocycles. The molecular formula is C11H14BrNO. The average molecular weight is 256 g/mol. The van der Waals surface area contributed by atoms with E-state index in [1.165, 1.54) is 6.42 Å². The summed E-state index contributed by atoms with van der Waals surface area (Å²) in [5, 5.41) is 9.84. The molecule has 0 atom stereocenters. The molecule has 2 rings (SSSR count). The van der Waals surface area contributed by atoms with Crippen LogP contribution < -0.4 is 5.73 Å². The Balaban J connectivity index is 2.40. The van der Waals surface area contributed by atoms with Gasteiger partial charge >= 0.3 is 0 Å². The van der Waals surface area contributed by atoms with Crippen molar-refractivity contribution in [2.75, 3.05) is 6.54 Å². The van der Waals surface area contributed by atoms with Crippen LogP contribution in [0.1, 0.15) is 24.8 Å². The molecule has 1 saturated carbocycles. The summed E-state index contributed by atoms with van der Waals surface area (Å²) in [7, 11) is 0. The SMILES string of the molecule is NCC1(c2ccc(Br)cc2O)CCC1. The van der Waals surface area contributed by atoms with Crippen LogP contribution in [0.3, 0.4) is 0 Å². The van der Waals surface area contributed by atoms with Crippen molar-refractivity contribution in [3.8, 4) is 5.75 Å². The number of hydrogen-bond donors (Lipinski definition) is 2. The third kappa shape index (κ3) is 1.44. The second kappa shape index (κ2) is 3.55. The molecule has 0 radical (unpaired) electrons. The van der Waals surface area contributed by atoms with Gasteiger partial charge in [0.1, 0.15) is 5.75 Å². The van der Waals surface area contributed by atoms with E-state index in [0.29, 0.717) is 12.3 Å². The molecule has 0 unspecified atom stereocenters. The van der Waals surface area contributed by atoms with Crippen LogP contribution in [0.5, 0.6) is 5.75 Å². The molecule has 0 heterocycles.